The average molecular weight is 280 g/mol. The Bertz CT molecular complexity index is 500. The van der Waals surface area contributed by atoms with Gasteiger partial charge in [0.1, 0.15) is 6.04 Å². The predicted molar refractivity (Wildman–Crippen MR) is 72.0 cm³/mol. The van der Waals surface area contributed by atoms with Crippen molar-refractivity contribution in [3.05, 3.63) is 18.0 Å². The molecule has 2 rings (SSSR count). The van der Waals surface area contributed by atoms with Crippen molar-refractivity contribution in [2.45, 2.75) is 32.4 Å². The fourth-order valence-electron chi connectivity index (χ4n) is 2.63. The first kappa shape index (κ1) is 14.4. The zero-order valence-electron chi connectivity index (χ0n) is 11.7. The quantitative estimate of drug-likeness (QED) is 0.858. The molecule has 0 aromatic carbocycles. The van der Waals surface area contributed by atoms with E-state index < -0.39 is 12.0 Å². The number of nitrogens with one attached hydrogen (secondary N) is 1. The van der Waals surface area contributed by atoms with Crippen LogP contribution in [0.1, 0.15) is 25.5 Å². The molecule has 1 aromatic heterocycles. The van der Waals surface area contributed by atoms with Crippen LogP contribution in [0.15, 0.2) is 12.3 Å². The van der Waals surface area contributed by atoms with Crippen LogP contribution in [0.25, 0.3) is 0 Å². The van der Waals surface area contributed by atoms with Gasteiger partial charge in [0.2, 0.25) is 0 Å². The van der Waals surface area contributed by atoms with E-state index in [9.17, 15) is 14.7 Å². The molecule has 1 fully saturated rings. The molecule has 1 aliphatic heterocycles. The van der Waals surface area contributed by atoms with Gasteiger partial charge in [-0.15, -0.1) is 0 Å². The number of carbonyl (C=O) groups excluding carboxylic acids is 1. The molecule has 1 aromatic rings. The molecule has 110 valence electrons. The van der Waals surface area contributed by atoms with Gasteiger partial charge in [-0.2, -0.15) is 5.10 Å². The van der Waals surface area contributed by atoms with Gasteiger partial charge in [-0.05, 0) is 24.8 Å². The van der Waals surface area contributed by atoms with Gasteiger partial charge in [0.25, 0.3) is 0 Å². The molecule has 2 atom stereocenters. The normalized spacial score (nSPS) is 22.6. The van der Waals surface area contributed by atoms with Gasteiger partial charge in [0, 0.05) is 19.8 Å². The summed E-state index contributed by atoms with van der Waals surface area (Å²) in [5.41, 5.74) is 0.871. The van der Waals surface area contributed by atoms with Crippen molar-refractivity contribution in [2.75, 3.05) is 6.54 Å². The van der Waals surface area contributed by atoms with Crippen molar-refractivity contribution in [2.24, 2.45) is 13.0 Å². The van der Waals surface area contributed by atoms with E-state index in [1.165, 1.54) is 4.90 Å². The number of likely N-dealkylation sites (tertiary alicyclic amines) is 1. The molecule has 1 saturated heterocycles. The number of aromatic nitrogens is 2. The van der Waals surface area contributed by atoms with Crippen LogP contribution in [0.2, 0.25) is 0 Å². The van der Waals surface area contributed by atoms with Crippen LogP contribution >= 0.6 is 0 Å². The number of hydrogen-bond donors (Lipinski definition) is 2. The van der Waals surface area contributed by atoms with E-state index in [4.69, 9.17) is 0 Å². The van der Waals surface area contributed by atoms with Gasteiger partial charge in [0.15, 0.2) is 0 Å². The number of carbonyl (C=O) groups is 2. The summed E-state index contributed by atoms with van der Waals surface area (Å²) < 4.78 is 1.67. The molecule has 7 heteroatoms. The monoisotopic (exact) mass is 280 g/mol. The van der Waals surface area contributed by atoms with Crippen LogP contribution in [0.4, 0.5) is 4.79 Å². The van der Waals surface area contributed by atoms with Crippen LogP contribution in [-0.2, 0) is 18.4 Å². The first-order valence-corrected chi connectivity index (χ1v) is 6.75. The van der Waals surface area contributed by atoms with Crippen LogP contribution in [-0.4, -0.2) is 44.4 Å². The van der Waals surface area contributed by atoms with E-state index in [-0.39, 0.29) is 11.9 Å². The highest BCUT2D eigenvalue weighted by atomic mass is 16.4. The largest absolute Gasteiger partial charge is 0.480 e. The third-order valence-corrected chi connectivity index (χ3v) is 3.79. The van der Waals surface area contributed by atoms with Crippen molar-refractivity contribution in [1.82, 2.24) is 20.0 Å². The van der Waals surface area contributed by atoms with Crippen LogP contribution in [0.5, 0.6) is 0 Å². The number of aryl methyl sites for hydroxylation is 1. The van der Waals surface area contributed by atoms with Gasteiger partial charge < -0.3 is 15.3 Å². The molecule has 0 bridgehead atoms. The number of aliphatic carboxylic acids is 1. The Hall–Kier alpha value is -2.05. The molecule has 0 radical (unpaired) electrons. The summed E-state index contributed by atoms with van der Waals surface area (Å²) in [5, 5.41) is 16.1. The zero-order valence-corrected chi connectivity index (χ0v) is 11.7. The summed E-state index contributed by atoms with van der Waals surface area (Å²) in [7, 11) is 1.80. The second kappa shape index (κ2) is 5.94. The van der Waals surface area contributed by atoms with Gasteiger partial charge >= 0.3 is 12.0 Å². The minimum atomic E-state index is -0.937. The van der Waals surface area contributed by atoms with Gasteiger partial charge in [-0.25, -0.2) is 9.59 Å². The number of nitrogens with zero attached hydrogens (tertiary/aromatic N) is 3. The summed E-state index contributed by atoms with van der Waals surface area (Å²) in [6, 6.07) is 0.744. The molecule has 7 nitrogen and oxygen atoms in total. The smallest absolute Gasteiger partial charge is 0.326 e. The van der Waals surface area contributed by atoms with Crippen molar-refractivity contribution < 1.29 is 14.7 Å². The van der Waals surface area contributed by atoms with Gasteiger partial charge in [0.05, 0.1) is 12.2 Å². The molecular weight excluding hydrogens is 260 g/mol. The van der Waals surface area contributed by atoms with Crippen molar-refractivity contribution in [1.29, 1.82) is 0 Å². The number of carboxylic acid groups (broad SMARTS) is 1. The van der Waals surface area contributed by atoms with Crippen molar-refractivity contribution >= 4 is 12.0 Å². The molecular formula is C13H20N4O3. The zero-order chi connectivity index (χ0) is 14.7. The lowest BCUT2D eigenvalue weighted by atomic mass is 9.91. The van der Waals surface area contributed by atoms with E-state index in [1.54, 1.807) is 17.9 Å². The Morgan fingerprint density at radius 2 is 2.30 bits per heavy atom. The molecule has 2 heterocycles. The average Bonchev–Trinajstić information content (AvgIpc) is 2.80. The number of hydrogen-bond acceptors (Lipinski definition) is 3. The number of piperidine rings is 1. The predicted octanol–water partition coefficient (Wildman–Crippen LogP) is 0.815. The van der Waals surface area contributed by atoms with Crippen LogP contribution in [0.3, 0.4) is 0 Å². The number of urea groups is 1. The Kier molecular flexibility index (Phi) is 4.26. The third kappa shape index (κ3) is 2.92. The Balaban J connectivity index is 2.00. The molecule has 2 N–H and O–H groups in total. The van der Waals surface area contributed by atoms with Crippen LogP contribution in [0, 0.1) is 5.92 Å². The first-order chi connectivity index (χ1) is 9.50. The SMILES string of the molecule is CC1CCCN(C(=O)NCc2ccnn2C)C1C(=O)O. The fourth-order valence-corrected chi connectivity index (χ4v) is 2.63. The van der Waals surface area contributed by atoms with E-state index in [0.717, 1.165) is 18.5 Å². The fraction of sp³-hybridized carbons (Fsp3) is 0.615. The van der Waals surface area contributed by atoms with Crippen molar-refractivity contribution in [3.63, 3.8) is 0 Å². The first-order valence-electron chi connectivity index (χ1n) is 6.75. The number of carboxylic acids is 1. The maximum Gasteiger partial charge on any atom is 0.326 e. The summed E-state index contributed by atoms with van der Waals surface area (Å²) in [6.45, 7) is 2.70. The van der Waals surface area contributed by atoms with Gasteiger partial charge in [-0.3, -0.25) is 4.68 Å². The topological polar surface area (TPSA) is 87.5 Å². The minimum Gasteiger partial charge on any atom is -0.480 e. The number of rotatable bonds is 3. The Morgan fingerprint density at radius 3 is 2.90 bits per heavy atom. The highest BCUT2D eigenvalue weighted by Gasteiger charge is 2.36. The lowest BCUT2D eigenvalue weighted by molar-refractivity contribution is -0.145. The van der Waals surface area contributed by atoms with E-state index in [1.807, 2.05) is 13.0 Å². The third-order valence-electron chi connectivity index (χ3n) is 3.79. The second-order valence-corrected chi connectivity index (χ2v) is 5.20. The molecule has 20 heavy (non-hydrogen) atoms. The molecule has 2 amide bonds. The Morgan fingerprint density at radius 1 is 1.55 bits per heavy atom. The highest BCUT2D eigenvalue weighted by molar-refractivity contribution is 5.83. The maximum atomic E-state index is 12.2. The summed E-state index contributed by atoms with van der Waals surface area (Å²) in [4.78, 5) is 24.9. The van der Waals surface area contributed by atoms with E-state index >= 15 is 0 Å². The van der Waals surface area contributed by atoms with E-state index in [0.29, 0.717) is 13.1 Å². The minimum absolute atomic E-state index is 0.0243. The molecule has 1 aliphatic rings. The molecule has 0 saturated carbocycles. The highest BCUT2D eigenvalue weighted by Crippen LogP contribution is 2.23. The Labute approximate surface area is 117 Å². The lowest BCUT2D eigenvalue weighted by Gasteiger charge is -2.37. The summed E-state index contributed by atoms with van der Waals surface area (Å²) in [5.74, 6) is -0.961. The van der Waals surface area contributed by atoms with E-state index in [2.05, 4.69) is 10.4 Å². The lowest BCUT2D eigenvalue weighted by Crippen LogP contribution is -2.54. The van der Waals surface area contributed by atoms with Crippen LogP contribution < -0.4 is 5.32 Å². The molecule has 2 unspecified atom stereocenters. The molecule has 0 aliphatic carbocycles. The summed E-state index contributed by atoms with van der Waals surface area (Å²) in [6.07, 6.45) is 3.33. The number of amides is 2. The molecule has 0 spiro atoms. The second-order valence-electron chi connectivity index (χ2n) is 5.20. The van der Waals surface area contributed by atoms with Gasteiger partial charge in [-0.1, -0.05) is 6.92 Å². The standard InChI is InChI=1S/C13H20N4O3/c1-9-4-3-7-17(11(9)12(18)19)13(20)14-8-10-5-6-15-16(10)2/h5-6,9,11H,3-4,7-8H2,1-2H3,(H,14,20)(H,18,19). The van der Waals surface area contributed by atoms with Crippen molar-refractivity contribution in [3.8, 4) is 0 Å². The maximum absolute atomic E-state index is 12.2. The summed E-state index contributed by atoms with van der Waals surface area (Å²) >= 11 is 0.